The molecule has 1 saturated heterocycles. The van der Waals surface area contributed by atoms with E-state index in [2.05, 4.69) is 10.3 Å². The van der Waals surface area contributed by atoms with Gasteiger partial charge in [-0.05, 0) is 72.5 Å². The molecule has 1 aliphatic carbocycles. The highest BCUT2D eigenvalue weighted by Gasteiger charge is 2.59. The number of ether oxygens (including phenoxy) is 1. The second-order valence-electron chi connectivity index (χ2n) is 11.4. The number of benzene rings is 2. The fraction of sp³-hybridized carbons (Fsp3) is 0.444. The number of anilines is 1. The van der Waals surface area contributed by atoms with Crippen LogP contribution < -0.4 is 10.1 Å². The van der Waals surface area contributed by atoms with E-state index < -0.39 is 33.9 Å². The van der Waals surface area contributed by atoms with Crippen molar-refractivity contribution in [1.29, 1.82) is 0 Å². The number of carboxylic acids is 1. The maximum Gasteiger partial charge on any atom is 0.335 e. The van der Waals surface area contributed by atoms with Crippen molar-refractivity contribution < 1.29 is 23.4 Å². The van der Waals surface area contributed by atoms with Crippen LogP contribution >= 0.6 is 0 Å². The predicted octanol–water partition coefficient (Wildman–Crippen LogP) is 3.41. The molecular weight excluding hydrogens is 506 g/mol. The molecule has 1 saturated carbocycles. The number of aromatic amines is 1. The van der Waals surface area contributed by atoms with Crippen LogP contribution in [0.4, 0.5) is 14.5 Å². The number of nitrogens with zero attached hydrogens (tertiary/aromatic N) is 1. The van der Waals surface area contributed by atoms with Crippen LogP contribution in [-0.4, -0.2) is 85.0 Å². The van der Waals surface area contributed by atoms with Crippen molar-refractivity contribution in [3.8, 4) is 5.75 Å². The lowest BCUT2D eigenvalue weighted by Gasteiger charge is -2.58. The zero-order chi connectivity index (χ0) is 29.3. The van der Waals surface area contributed by atoms with Crippen LogP contribution in [0.15, 0.2) is 36.5 Å². The van der Waals surface area contributed by atoms with E-state index in [0.717, 1.165) is 16.5 Å². The molecule has 13 heteroatoms. The Morgan fingerprint density at radius 3 is 2.48 bits per heavy atom. The number of methoxy groups -OCH3 is 1. The highest BCUT2D eigenvalue weighted by atomic mass is 19.3. The van der Waals surface area contributed by atoms with Crippen molar-refractivity contribution in [2.75, 3.05) is 19.0 Å². The number of aryl methyl sites for hydroxylation is 1. The molecule has 1 aromatic heterocycles. The predicted molar refractivity (Wildman–Crippen MR) is 155 cm³/mol. The van der Waals surface area contributed by atoms with Crippen molar-refractivity contribution in [2.45, 2.75) is 55.1 Å². The van der Waals surface area contributed by atoms with E-state index in [1.165, 1.54) is 19.2 Å². The number of likely N-dealkylation sites (tertiary alicyclic amines) is 1. The Balaban J connectivity index is 1.67. The van der Waals surface area contributed by atoms with E-state index in [4.69, 9.17) is 44.0 Å². The van der Waals surface area contributed by atoms with E-state index in [1.807, 2.05) is 24.0 Å². The molecule has 196 valence electrons. The van der Waals surface area contributed by atoms with Crippen molar-refractivity contribution in [3.05, 3.63) is 58.8 Å². The van der Waals surface area contributed by atoms with Crippen molar-refractivity contribution >= 4 is 61.8 Å². The smallest absolute Gasteiger partial charge is 0.335 e. The van der Waals surface area contributed by atoms with Crippen LogP contribution in [0.5, 0.6) is 5.75 Å². The standard InChI is InChI=1S/C27H26B5F2N3O3/c1-14-9-20(40-2)21(17-5-7-35-22(14)17)26(28,29)37-8-6-24(12-25(33,34)13-24)11-19(37)16-4-3-15(23(38)39)10-18(16)36-27(30,31)32/h3-5,7,9-10,19,35-36H,6,8,11-13H2,1-2H3,(H,38,39). The van der Waals surface area contributed by atoms with E-state index in [1.54, 1.807) is 12.3 Å². The van der Waals surface area contributed by atoms with Gasteiger partial charge >= 0.3 is 5.97 Å². The van der Waals surface area contributed by atoms with E-state index in [0.29, 0.717) is 23.3 Å². The van der Waals surface area contributed by atoms with Gasteiger partial charge < -0.3 is 25.0 Å². The monoisotopic (exact) mass is 533 g/mol. The first-order chi connectivity index (χ1) is 18.6. The number of H-pyrrole nitrogens is 1. The van der Waals surface area contributed by atoms with Gasteiger partial charge in [0.05, 0.1) is 51.9 Å². The van der Waals surface area contributed by atoms with Gasteiger partial charge in [0, 0.05) is 47.2 Å². The summed E-state index contributed by atoms with van der Waals surface area (Å²) in [5, 5.41) is 9.62. The number of hydrogen-bond acceptors (Lipinski definition) is 4. The third-order valence-corrected chi connectivity index (χ3v) is 8.26. The minimum atomic E-state index is -2.75. The molecule has 2 aliphatic rings. The molecule has 2 aromatic carbocycles. The average Bonchev–Trinajstić information content (AvgIpc) is 3.31. The van der Waals surface area contributed by atoms with Crippen LogP contribution in [0, 0.1) is 12.3 Å². The molecule has 5 rings (SSSR count). The highest BCUT2D eigenvalue weighted by Crippen LogP contribution is 2.62. The number of carbonyl (C=O) groups is 1. The Morgan fingerprint density at radius 2 is 1.88 bits per heavy atom. The van der Waals surface area contributed by atoms with Crippen molar-refractivity contribution in [2.24, 2.45) is 5.41 Å². The van der Waals surface area contributed by atoms with Crippen LogP contribution in [-0.2, 0) is 5.34 Å². The summed E-state index contributed by atoms with van der Waals surface area (Å²) >= 11 is 0. The molecule has 1 spiro atoms. The molecule has 1 unspecified atom stereocenters. The summed E-state index contributed by atoms with van der Waals surface area (Å²) in [5.41, 5.74) is 2.39. The summed E-state index contributed by atoms with van der Waals surface area (Å²) < 4.78 is 34.1. The van der Waals surface area contributed by atoms with Gasteiger partial charge in [0.2, 0.25) is 5.92 Å². The van der Waals surface area contributed by atoms with E-state index in [-0.39, 0.29) is 37.1 Å². The second-order valence-corrected chi connectivity index (χ2v) is 11.4. The number of fused-ring (bicyclic) bond motifs is 1. The molecule has 0 bridgehead atoms. The molecule has 2 fully saturated rings. The summed E-state index contributed by atoms with van der Waals surface area (Å²) in [5.74, 6) is -3.44. The highest BCUT2D eigenvalue weighted by molar-refractivity contribution is 6.60. The zero-order valence-electron chi connectivity index (χ0n) is 22.4. The number of alkyl halides is 2. The first kappa shape index (κ1) is 28.7. The summed E-state index contributed by atoms with van der Waals surface area (Å²) in [6, 6.07) is 7.46. The van der Waals surface area contributed by atoms with Gasteiger partial charge in [-0.15, -0.1) is 0 Å². The largest absolute Gasteiger partial charge is 0.496 e. The minimum Gasteiger partial charge on any atom is -0.496 e. The quantitative estimate of drug-likeness (QED) is 0.407. The molecule has 1 aliphatic heterocycles. The van der Waals surface area contributed by atoms with E-state index >= 15 is 0 Å². The minimum absolute atomic E-state index is 0.0382. The first-order valence-electron chi connectivity index (χ1n) is 13.0. The van der Waals surface area contributed by atoms with Gasteiger partial charge in [0.25, 0.3) is 0 Å². The van der Waals surface area contributed by atoms with Crippen LogP contribution in [0.3, 0.4) is 0 Å². The molecule has 3 aromatic rings. The molecule has 3 N–H and O–H groups in total. The molecule has 2 heterocycles. The normalized spacial score (nSPS) is 20.8. The number of nitrogens with one attached hydrogen (secondary N) is 2. The Hall–Kier alpha value is -2.81. The van der Waals surface area contributed by atoms with Crippen LogP contribution in [0.2, 0.25) is 0 Å². The fourth-order valence-corrected chi connectivity index (χ4v) is 6.64. The number of aromatic nitrogens is 1. The molecule has 1 atom stereocenters. The van der Waals surface area contributed by atoms with Crippen LogP contribution in [0.1, 0.15) is 58.8 Å². The van der Waals surface area contributed by atoms with E-state index in [9.17, 15) is 18.7 Å². The molecular formula is C27H26B5F2N3O3. The van der Waals surface area contributed by atoms with Crippen molar-refractivity contribution in [1.82, 2.24) is 9.88 Å². The van der Waals surface area contributed by atoms with Gasteiger partial charge in [0.15, 0.2) is 0 Å². The molecule has 0 amide bonds. The Kier molecular flexibility index (Phi) is 6.92. The molecule has 6 nitrogen and oxygen atoms in total. The Morgan fingerprint density at radius 1 is 1.18 bits per heavy atom. The average molecular weight is 533 g/mol. The Bertz CT molecular complexity index is 1470. The first-order valence-corrected chi connectivity index (χ1v) is 13.0. The summed E-state index contributed by atoms with van der Waals surface area (Å²) in [7, 11) is 33.1. The van der Waals surface area contributed by atoms with Gasteiger partial charge in [-0.3, -0.25) is 0 Å². The Labute approximate surface area is 239 Å². The number of halogens is 2. The number of carboxylic acid groups (broad SMARTS) is 1. The number of aromatic carboxylic acids is 1. The summed E-state index contributed by atoms with van der Waals surface area (Å²) in [6.07, 6.45) is 2.01. The maximum atomic E-state index is 14.2. The van der Waals surface area contributed by atoms with Gasteiger partial charge in [-0.1, -0.05) is 11.3 Å². The van der Waals surface area contributed by atoms with Gasteiger partial charge in [-0.25, -0.2) is 13.6 Å². The topological polar surface area (TPSA) is 77.6 Å². The van der Waals surface area contributed by atoms with Crippen molar-refractivity contribution in [3.63, 3.8) is 0 Å². The third kappa shape index (κ3) is 5.06. The zero-order valence-corrected chi connectivity index (χ0v) is 22.4. The fourth-order valence-electron chi connectivity index (χ4n) is 6.64. The lowest BCUT2D eigenvalue weighted by atomic mass is 9.49. The lowest BCUT2D eigenvalue weighted by molar-refractivity contribution is -0.187. The maximum absolute atomic E-state index is 14.2. The summed E-state index contributed by atoms with van der Waals surface area (Å²) in [4.78, 5) is 16.8. The second kappa shape index (κ2) is 9.64. The third-order valence-electron chi connectivity index (χ3n) is 8.26. The molecule has 40 heavy (non-hydrogen) atoms. The molecule has 10 radical (unpaired) electrons. The van der Waals surface area contributed by atoms with Crippen LogP contribution in [0.25, 0.3) is 10.9 Å². The van der Waals surface area contributed by atoms with Gasteiger partial charge in [0.1, 0.15) is 5.75 Å². The number of piperidine rings is 1. The summed E-state index contributed by atoms with van der Waals surface area (Å²) in [6.45, 7) is 2.22. The van der Waals surface area contributed by atoms with Gasteiger partial charge in [-0.2, -0.15) is 0 Å². The number of rotatable bonds is 7. The number of hydrogen-bond donors (Lipinski definition) is 3. The lowest BCUT2D eigenvalue weighted by Crippen LogP contribution is -2.58. The SMILES string of the molecule is [B]C([B])([B])Nc1cc(C(=O)O)ccc1C1CC2(CCN1C([B])([B])c1c(OC)cc(C)c3[nH]ccc13)CC(F)(F)C2.